The molecule has 0 aliphatic carbocycles. The third-order valence-electron chi connectivity index (χ3n) is 7.62. The number of aromatic amines is 1. The predicted octanol–water partition coefficient (Wildman–Crippen LogP) is 4.63. The van der Waals surface area contributed by atoms with E-state index in [4.69, 9.17) is 4.98 Å². The van der Waals surface area contributed by atoms with Gasteiger partial charge in [0, 0.05) is 83.9 Å². The molecule has 8 heteroatoms. The van der Waals surface area contributed by atoms with Crippen LogP contribution < -0.4 is 21.1 Å². The lowest BCUT2D eigenvalue weighted by Crippen LogP contribution is -2.49. The average molecular weight is 527 g/mol. The summed E-state index contributed by atoms with van der Waals surface area (Å²) in [4.78, 5) is 36.1. The SMILES string of the molecule is Cc1cc(C)c(CNC(=O)c2cc(-c3ccc(N4CCNC(C)C4)nc3)cc3c2c(C)cn3C(C)C)c(=O)[nH]1. The number of nitrogens with zero attached hydrogens (tertiary/aromatic N) is 3. The highest BCUT2D eigenvalue weighted by Crippen LogP contribution is 2.33. The Labute approximate surface area is 229 Å². The fraction of sp³-hybridized carbons (Fsp3) is 0.387. The molecule has 1 unspecified atom stereocenters. The number of H-pyrrole nitrogens is 1. The highest BCUT2D eigenvalue weighted by molar-refractivity contribution is 6.09. The first-order valence-electron chi connectivity index (χ1n) is 13.7. The minimum Gasteiger partial charge on any atom is -0.354 e. The molecule has 0 radical (unpaired) electrons. The number of carbonyl (C=O) groups excluding carboxylic acids is 1. The van der Waals surface area contributed by atoms with Crippen LogP contribution in [0.15, 0.2) is 47.5 Å². The Morgan fingerprint density at radius 2 is 1.92 bits per heavy atom. The predicted molar refractivity (Wildman–Crippen MR) is 158 cm³/mol. The number of hydrogen-bond donors (Lipinski definition) is 3. The fourth-order valence-electron chi connectivity index (χ4n) is 5.61. The summed E-state index contributed by atoms with van der Waals surface area (Å²) in [5.74, 6) is 0.761. The lowest BCUT2D eigenvalue weighted by atomic mass is 9.98. The van der Waals surface area contributed by atoms with Crippen LogP contribution in [0.1, 0.15) is 59.6 Å². The second-order valence-electron chi connectivity index (χ2n) is 11.1. The summed E-state index contributed by atoms with van der Waals surface area (Å²) in [6, 6.07) is 10.8. The smallest absolute Gasteiger partial charge is 0.253 e. The topological polar surface area (TPSA) is 95.1 Å². The van der Waals surface area contributed by atoms with Gasteiger partial charge in [-0.2, -0.15) is 0 Å². The van der Waals surface area contributed by atoms with Crippen LogP contribution >= 0.6 is 0 Å². The Kier molecular flexibility index (Phi) is 7.32. The standard InChI is InChI=1S/C31H38N6O2/c1-18(2)37-16-20(4)29-25(30(38)34-15-26-19(3)11-21(5)35-31(26)39)12-24(13-27(29)37)23-7-8-28(33-14-23)36-10-9-32-22(6)17-36/h7-8,11-14,16,18,22,32H,9-10,15,17H2,1-6H3,(H,34,38)(H,35,39). The second-order valence-corrected chi connectivity index (χ2v) is 11.1. The van der Waals surface area contributed by atoms with Gasteiger partial charge < -0.3 is 25.1 Å². The van der Waals surface area contributed by atoms with E-state index in [1.54, 1.807) is 0 Å². The number of fused-ring (bicyclic) bond motifs is 1. The number of pyridine rings is 2. The van der Waals surface area contributed by atoms with E-state index in [1.165, 1.54) is 0 Å². The van der Waals surface area contributed by atoms with Crippen LogP contribution in [0.5, 0.6) is 0 Å². The number of aromatic nitrogens is 3. The molecule has 1 amide bonds. The van der Waals surface area contributed by atoms with Crippen molar-refractivity contribution in [3.05, 3.63) is 81.0 Å². The molecule has 1 aromatic carbocycles. The Morgan fingerprint density at radius 1 is 1.13 bits per heavy atom. The Hall–Kier alpha value is -3.91. The fourth-order valence-corrected chi connectivity index (χ4v) is 5.61. The molecular weight excluding hydrogens is 488 g/mol. The Bertz CT molecular complexity index is 1580. The highest BCUT2D eigenvalue weighted by Gasteiger charge is 2.21. The summed E-state index contributed by atoms with van der Waals surface area (Å²) in [7, 11) is 0. The number of piperazine rings is 1. The van der Waals surface area contributed by atoms with Gasteiger partial charge in [0.2, 0.25) is 0 Å². The zero-order valence-corrected chi connectivity index (χ0v) is 23.7. The molecule has 1 fully saturated rings. The van der Waals surface area contributed by atoms with Crippen LogP contribution in [0.3, 0.4) is 0 Å². The van der Waals surface area contributed by atoms with Gasteiger partial charge in [-0.05, 0) is 88.6 Å². The number of rotatable bonds is 6. The normalized spacial score (nSPS) is 15.8. The first kappa shape index (κ1) is 26.7. The number of anilines is 1. The van der Waals surface area contributed by atoms with Crippen LogP contribution in [-0.2, 0) is 6.54 Å². The zero-order valence-electron chi connectivity index (χ0n) is 23.7. The van der Waals surface area contributed by atoms with Gasteiger partial charge in [-0.15, -0.1) is 0 Å². The van der Waals surface area contributed by atoms with Gasteiger partial charge in [-0.25, -0.2) is 4.98 Å². The molecule has 39 heavy (non-hydrogen) atoms. The largest absolute Gasteiger partial charge is 0.354 e. The average Bonchev–Trinajstić information content (AvgIpc) is 3.24. The van der Waals surface area contributed by atoms with Gasteiger partial charge >= 0.3 is 0 Å². The number of amides is 1. The van der Waals surface area contributed by atoms with Crippen LogP contribution in [-0.4, -0.2) is 46.1 Å². The summed E-state index contributed by atoms with van der Waals surface area (Å²) < 4.78 is 2.21. The summed E-state index contributed by atoms with van der Waals surface area (Å²) in [5, 5.41) is 7.41. The van der Waals surface area contributed by atoms with E-state index in [9.17, 15) is 9.59 Å². The van der Waals surface area contributed by atoms with E-state index in [-0.39, 0.29) is 24.1 Å². The first-order chi connectivity index (χ1) is 18.6. The number of benzene rings is 1. The van der Waals surface area contributed by atoms with Crippen molar-refractivity contribution < 1.29 is 4.79 Å². The van der Waals surface area contributed by atoms with Crippen molar-refractivity contribution >= 4 is 22.6 Å². The molecule has 0 bridgehead atoms. The van der Waals surface area contributed by atoms with Crippen molar-refractivity contribution in [2.45, 2.75) is 60.2 Å². The molecule has 3 aromatic heterocycles. The monoisotopic (exact) mass is 526 g/mol. The van der Waals surface area contributed by atoms with Crippen molar-refractivity contribution in [3.8, 4) is 11.1 Å². The molecule has 1 aliphatic heterocycles. The maximum absolute atomic E-state index is 13.7. The summed E-state index contributed by atoms with van der Waals surface area (Å²) in [6.45, 7) is 15.2. The molecule has 5 rings (SSSR count). The maximum Gasteiger partial charge on any atom is 0.253 e. The van der Waals surface area contributed by atoms with E-state index < -0.39 is 0 Å². The van der Waals surface area contributed by atoms with Crippen molar-refractivity contribution in [3.63, 3.8) is 0 Å². The molecule has 1 atom stereocenters. The molecule has 1 aliphatic rings. The Morgan fingerprint density at radius 3 is 2.59 bits per heavy atom. The third kappa shape index (κ3) is 5.34. The summed E-state index contributed by atoms with van der Waals surface area (Å²) in [5.41, 5.74) is 6.61. The summed E-state index contributed by atoms with van der Waals surface area (Å²) in [6.07, 6.45) is 4.01. The highest BCUT2D eigenvalue weighted by atomic mass is 16.1. The zero-order chi connectivity index (χ0) is 27.8. The van der Waals surface area contributed by atoms with Gasteiger partial charge in [0.25, 0.3) is 11.5 Å². The molecule has 0 spiro atoms. The van der Waals surface area contributed by atoms with E-state index in [0.717, 1.165) is 64.3 Å². The number of carbonyl (C=O) groups is 1. The van der Waals surface area contributed by atoms with Gasteiger partial charge in [0.1, 0.15) is 5.82 Å². The number of aryl methyl sites for hydroxylation is 3. The first-order valence-corrected chi connectivity index (χ1v) is 13.7. The van der Waals surface area contributed by atoms with Gasteiger partial charge in [-0.3, -0.25) is 9.59 Å². The van der Waals surface area contributed by atoms with Crippen LogP contribution in [0.4, 0.5) is 5.82 Å². The van der Waals surface area contributed by atoms with Gasteiger partial charge in [-0.1, -0.05) is 0 Å². The number of hydrogen-bond acceptors (Lipinski definition) is 5. The molecule has 4 heterocycles. The van der Waals surface area contributed by atoms with Crippen molar-refractivity contribution in [2.24, 2.45) is 0 Å². The molecule has 1 saturated heterocycles. The molecule has 4 aromatic rings. The van der Waals surface area contributed by atoms with Crippen LogP contribution in [0.25, 0.3) is 22.0 Å². The molecule has 204 valence electrons. The third-order valence-corrected chi connectivity index (χ3v) is 7.62. The van der Waals surface area contributed by atoms with Crippen LogP contribution in [0.2, 0.25) is 0 Å². The lowest BCUT2D eigenvalue weighted by Gasteiger charge is -2.32. The van der Waals surface area contributed by atoms with E-state index >= 15 is 0 Å². The van der Waals surface area contributed by atoms with Crippen molar-refractivity contribution in [1.29, 1.82) is 0 Å². The maximum atomic E-state index is 13.7. The number of nitrogens with one attached hydrogen (secondary N) is 3. The molecular formula is C31H38N6O2. The Balaban J connectivity index is 1.52. The van der Waals surface area contributed by atoms with E-state index in [0.29, 0.717) is 17.2 Å². The van der Waals surface area contributed by atoms with Crippen molar-refractivity contribution in [1.82, 2.24) is 25.2 Å². The lowest BCUT2D eigenvalue weighted by molar-refractivity contribution is 0.0952. The van der Waals surface area contributed by atoms with E-state index in [1.807, 2.05) is 39.1 Å². The van der Waals surface area contributed by atoms with Gasteiger partial charge in [0.15, 0.2) is 0 Å². The second kappa shape index (κ2) is 10.7. The molecule has 3 N–H and O–H groups in total. The van der Waals surface area contributed by atoms with Gasteiger partial charge in [0.05, 0.1) is 0 Å². The quantitative estimate of drug-likeness (QED) is 0.341. The summed E-state index contributed by atoms with van der Waals surface area (Å²) >= 11 is 0. The molecule has 0 saturated carbocycles. The van der Waals surface area contributed by atoms with Crippen LogP contribution in [0, 0.1) is 20.8 Å². The van der Waals surface area contributed by atoms with E-state index in [2.05, 4.69) is 70.3 Å². The van der Waals surface area contributed by atoms with Crippen molar-refractivity contribution in [2.75, 3.05) is 24.5 Å². The molecule has 8 nitrogen and oxygen atoms in total. The minimum absolute atomic E-state index is 0.162. The minimum atomic E-state index is -0.204.